The van der Waals surface area contributed by atoms with E-state index >= 15 is 0 Å². The minimum Gasteiger partial charge on any atom is -0.383 e. The zero-order valence-electron chi connectivity index (χ0n) is 15.6. The number of rotatable bonds is 8. The predicted octanol–water partition coefficient (Wildman–Crippen LogP) is 3.02. The van der Waals surface area contributed by atoms with Crippen molar-refractivity contribution >= 4 is 28.3 Å². The summed E-state index contributed by atoms with van der Waals surface area (Å²) in [5.41, 5.74) is 2.05. The van der Waals surface area contributed by atoms with Crippen LogP contribution >= 0.6 is 0 Å². The number of hydrogen-bond donors (Lipinski definition) is 3. The number of nitrogens with one attached hydrogen (secondary N) is 3. The number of nitro groups is 1. The average molecular weight is 383 g/mol. The Hall–Kier alpha value is -3.46. The number of H-pyrrole nitrogens is 1. The van der Waals surface area contributed by atoms with Crippen LogP contribution in [0.25, 0.3) is 11.0 Å². The third-order valence-electron chi connectivity index (χ3n) is 4.24. The van der Waals surface area contributed by atoms with Crippen molar-refractivity contribution in [1.29, 1.82) is 0 Å². The van der Waals surface area contributed by atoms with Crippen molar-refractivity contribution < 1.29 is 14.5 Å². The van der Waals surface area contributed by atoms with Crippen molar-refractivity contribution in [2.24, 2.45) is 0 Å². The fourth-order valence-electron chi connectivity index (χ4n) is 2.79. The fraction of sp³-hybridized carbons (Fsp3) is 0.263. The number of aromatic amines is 1. The molecule has 0 fully saturated rings. The summed E-state index contributed by atoms with van der Waals surface area (Å²) in [5, 5.41) is 17.1. The van der Waals surface area contributed by atoms with Crippen LogP contribution in [0.1, 0.15) is 29.1 Å². The molecule has 0 spiro atoms. The molecule has 0 aliphatic carbocycles. The van der Waals surface area contributed by atoms with Crippen molar-refractivity contribution in [1.82, 2.24) is 15.3 Å². The van der Waals surface area contributed by atoms with Gasteiger partial charge < -0.3 is 20.4 Å². The highest BCUT2D eigenvalue weighted by Gasteiger charge is 2.20. The molecule has 0 radical (unpaired) electrons. The molecule has 146 valence electrons. The summed E-state index contributed by atoms with van der Waals surface area (Å²) in [6.45, 7) is 2.63. The first-order valence-corrected chi connectivity index (χ1v) is 8.76. The molecular weight excluding hydrogens is 362 g/mol. The number of amides is 1. The molecule has 9 heteroatoms. The molecular formula is C19H21N5O4. The number of para-hydroxylation sites is 2. The van der Waals surface area contributed by atoms with E-state index in [1.54, 1.807) is 20.1 Å². The van der Waals surface area contributed by atoms with Crippen molar-refractivity contribution in [3.8, 4) is 0 Å². The monoisotopic (exact) mass is 383 g/mol. The lowest BCUT2D eigenvalue weighted by atomic mass is 10.1. The van der Waals surface area contributed by atoms with Crippen LogP contribution in [0.5, 0.6) is 0 Å². The highest BCUT2D eigenvalue weighted by Crippen LogP contribution is 2.26. The van der Waals surface area contributed by atoms with Crippen LogP contribution in [0.3, 0.4) is 0 Å². The normalized spacial score (nSPS) is 11.9. The molecule has 28 heavy (non-hydrogen) atoms. The molecule has 1 atom stereocenters. The summed E-state index contributed by atoms with van der Waals surface area (Å²) in [7, 11) is 1.55. The van der Waals surface area contributed by atoms with Gasteiger partial charge in [-0.25, -0.2) is 4.98 Å². The van der Waals surface area contributed by atoms with Gasteiger partial charge in [-0.3, -0.25) is 14.9 Å². The lowest BCUT2D eigenvalue weighted by molar-refractivity contribution is -0.384. The van der Waals surface area contributed by atoms with Gasteiger partial charge in [-0.15, -0.1) is 0 Å². The van der Waals surface area contributed by atoms with E-state index in [9.17, 15) is 14.9 Å². The number of nitro benzene ring substituents is 1. The third-order valence-corrected chi connectivity index (χ3v) is 4.24. The molecule has 0 saturated carbocycles. The van der Waals surface area contributed by atoms with E-state index in [1.807, 2.05) is 24.3 Å². The van der Waals surface area contributed by atoms with Crippen LogP contribution in [-0.2, 0) is 4.74 Å². The number of ether oxygens (including phenoxy) is 1. The summed E-state index contributed by atoms with van der Waals surface area (Å²) < 4.78 is 4.93. The number of anilines is 1. The lowest BCUT2D eigenvalue weighted by Crippen LogP contribution is -2.27. The smallest absolute Gasteiger partial charge is 0.293 e. The van der Waals surface area contributed by atoms with Crippen molar-refractivity contribution in [2.45, 2.75) is 13.0 Å². The Labute approximate surface area is 161 Å². The van der Waals surface area contributed by atoms with Gasteiger partial charge in [-0.2, -0.15) is 0 Å². The molecule has 1 heterocycles. The second-order valence-corrected chi connectivity index (χ2v) is 6.24. The van der Waals surface area contributed by atoms with E-state index in [4.69, 9.17) is 4.74 Å². The van der Waals surface area contributed by atoms with Gasteiger partial charge in [0.15, 0.2) is 0 Å². The van der Waals surface area contributed by atoms with Crippen molar-refractivity contribution in [3.05, 3.63) is 64.0 Å². The number of nitrogens with zero attached hydrogens (tertiary/aromatic N) is 2. The van der Waals surface area contributed by atoms with Gasteiger partial charge in [0.2, 0.25) is 0 Å². The zero-order valence-corrected chi connectivity index (χ0v) is 15.6. The highest BCUT2D eigenvalue weighted by molar-refractivity contribution is 5.96. The first-order valence-electron chi connectivity index (χ1n) is 8.76. The highest BCUT2D eigenvalue weighted by atomic mass is 16.6. The van der Waals surface area contributed by atoms with E-state index in [1.165, 1.54) is 12.1 Å². The Balaban J connectivity index is 1.75. The maximum atomic E-state index is 12.6. The standard InChI is InChI=1S/C19H21N5O4/c1-12(18-22-14-5-3-4-6-15(14)23-18)21-19(25)13-7-8-16(20-9-10-28-2)17(11-13)24(26)27/h3-8,11-12,20H,9-10H2,1-2H3,(H,21,25)(H,22,23)/t12-/m1/s1. The second kappa shape index (κ2) is 8.49. The summed E-state index contributed by atoms with van der Waals surface area (Å²) in [4.78, 5) is 31.0. The van der Waals surface area contributed by atoms with Gasteiger partial charge in [0.25, 0.3) is 11.6 Å². The Morgan fingerprint density at radius 1 is 1.32 bits per heavy atom. The van der Waals surface area contributed by atoms with Gasteiger partial charge in [0.1, 0.15) is 11.5 Å². The fourth-order valence-corrected chi connectivity index (χ4v) is 2.79. The molecule has 0 aliphatic heterocycles. The van der Waals surface area contributed by atoms with Crippen LogP contribution < -0.4 is 10.6 Å². The van der Waals surface area contributed by atoms with E-state index in [0.717, 1.165) is 11.0 Å². The first kappa shape index (κ1) is 19.3. The largest absolute Gasteiger partial charge is 0.383 e. The van der Waals surface area contributed by atoms with E-state index in [0.29, 0.717) is 24.7 Å². The van der Waals surface area contributed by atoms with Crippen LogP contribution in [0.4, 0.5) is 11.4 Å². The number of imidazole rings is 1. The van der Waals surface area contributed by atoms with Gasteiger partial charge in [0.05, 0.1) is 28.6 Å². The van der Waals surface area contributed by atoms with E-state index in [2.05, 4.69) is 20.6 Å². The van der Waals surface area contributed by atoms with Crippen LogP contribution in [0, 0.1) is 10.1 Å². The summed E-state index contributed by atoms with van der Waals surface area (Å²) in [6.07, 6.45) is 0. The molecule has 3 aromatic rings. The average Bonchev–Trinajstić information content (AvgIpc) is 3.12. The quantitative estimate of drug-likeness (QED) is 0.312. The predicted molar refractivity (Wildman–Crippen MR) is 105 cm³/mol. The lowest BCUT2D eigenvalue weighted by Gasteiger charge is -2.12. The molecule has 0 unspecified atom stereocenters. The number of carbonyl (C=O) groups excluding carboxylic acids is 1. The molecule has 0 aliphatic rings. The van der Waals surface area contributed by atoms with Crippen LogP contribution in [-0.4, -0.2) is 41.1 Å². The molecule has 1 amide bonds. The van der Waals surface area contributed by atoms with Crippen molar-refractivity contribution in [2.75, 3.05) is 25.6 Å². The number of aromatic nitrogens is 2. The number of carbonyl (C=O) groups is 1. The number of benzene rings is 2. The second-order valence-electron chi connectivity index (χ2n) is 6.24. The maximum Gasteiger partial charge on any atom is 0.293 e. The molecule has 0 bridgehead atoms. The molecule has 9 nitrogen and oxygen atoms in total. The number of hydrogen-bond acceptors (Lipinski definition) is 6. The maximum absolute atomic E-state index is 12.6. The molecule has 3 N–H and O–H groups in total. The Bertz CT molecular complexity index is 968. The molecule has 1 aromatic heterocycles. The van der Waals surface area contributed by atoms with Crippen LogP contribution in [0.2, 0.25) is 0 Å². The Morgan fingerprint density at radius 3 is 2.82 bits per heavy atom. The Kier molecular flexibility index (Phi) is 5.85. The van der Waals surface area contributed by atoms with Crippen LogP contribution in [0.15, 0.2) is 42.5 Å². The summed E-state index contributed by atoms with van der Waals surface area (Å²) in [6, 6.07) is 11.5. The molecule has 3 rings (SSSR count). The van der Waals surface area contributed by atoms with E-state index in [-0.39, 0.29) is 11.3 Å². The van der Waals surface area contributed by atoms with Gasteiger partial charge in [-0.1, -0.05) is 12.1 Å². The van der Waals surface area contributed by atoms with E-state index < -0.39 is 16.9 Å². The number of fused-ring (bicyclic) bond motifs is 1. The van der Waals surface area contributed by atoms with Gasteiger partial charge in [-0.05, 0) is 31.2 Å². The molecule has 2 aromatic carbocycles. The zero-order chi connectivity index (χ0) is 20.1. The molecule has 0 saturated heterocycles. The minimum absolute atomic E-state index is 0.167. The number of methoxy groups -OCH3 is 1. The minimum atomic E-state index is -0.519. The third kappa shape index (κ3) is 4.26. The van der Waals surface area contributed by atoms with Gasteiger partial charge >= 0.3 is 0 Å². The van der Waals surface area contributed by atoms with Crippen molar-refractivity contribution in [3.63, 3.8) is 0 Å². The first-order chi connectivity index (χ1) is 13.5. The SMILES string of the molecule is COCCNc1ccc(C(=O)N[C@H](C)c2nc3ccccc3[nH]2)cc1[N+](=O)[O-]. The topological polar surface area (TPSA) is 122 Å². The summed E-state index contributed by atoms with van der Waals surface area (Å²) in [5.74, 6) is 0.196. The summed E-state index contributed by atoms with van der Waals surface area (Å²) >= 11 is 0. The Morgan fingerprint density at radius 2 is 2.11 bits per heavy atom. The van der Waals surface area contributed by atoms with Gasteiger partial charge in [0, 0.05) is 25.3 Å².